The largest absolute Gasteiger partial charge is 0.416 e. The van der Waals surface area contributed by atoms with Gasteiger partial charge in [-0.1, -0.05) is 109 Å². The fraction of sp³-hybridized carbons (Fsp3) is 0.0625. The van der Waals surface area contributed by atoms with Crippen molar-refractivity contribution in [3.63, 3.8) is 0 Å². The highest BCUT2D eigenvalue weighted by molar-refractivity contribution is 6.10. The summed E-state index contributed by atoms with van der Waals surface area (Å²) in [5.41, 5.74) is -0.380. The van der Waals surface area contributed by atoms with E-state index in [2.05, 4.69) is 0 Å². The number of para-hydroxylation sites is 1. The summed E-state index contributed by atoms with van der Waals surface area (Å²) in [4.78, 5) is 14.6. The lowest BCUT2D eigenvalue weighted by atomic mass is 9.98. The van der Waals surface area contributed by atoms with Crippen LogP contribution in [-0.4, -0.2) is 19.5 Å². The summed E-state index contributed by atoms with van der Waals surface area (Å²) in [6.07, 6.45) is -14.8. The summed E-state index contributed by atoms with van der Waals surface area (Å²) in [5, 5.41) is 1.29. The molecule has 0 saturated heterocycles. The molecule has 2 heterocycles. The van der Waals surface area contributed by atoms with Crippen molar-refractivity contribution in [2.45, 2.75) is 18.5 Å². The molecule has 0 aliphatic heterocycles. The molecule has 0 saturated carbocycles. The summed E-state index contributed by atoms with van der Waals surface area (Å²) in [5.74, 6) is 0.840. The Labute approximate surface area is 341 Å². The smallest absolute Gasteiger partial charge is 0.308 e. The Bertz CT molecular complexity index is 3010. The minimum Gasteiger partial charge on any atom is -0.308 e. The first-order valence-electron chi connectivity index (χ1n) is 18.6. The van der Waals surface area contributed by atoms with E-state index in [1.807, 2.05) is 66.7 Å². The second-order valence-corrected chi connectivity index (χ2v) is 14.2. The second-order valence-electron chi connectivity index (χ2n) is 14.2. The molecule has 302 valence electrons. The van der Waals surface area contributed by atoms with Crippen LogP contribution in [0.1, 0.15) is 16.7 Å². The van der Waals surface area contributed by atoms with Crippen molar-refractivity contribution in [1.29, 1.82) is 0 Å². The Morgan fingerprint density at radius 2 is 0.803 bits per heavy atom. The van der Waals surface area contributed by atoms with E-state index >= 15 is 0 Å². The van der Waals surface area contributed by atoms with Crippen LogP contribution in [0.25, 0.3) is 83.9 Å². The van der Waals surface area contributed by atoms with Crippen molar-refractivity contribution >= 4 is 21.8 Å². The number of alkyl halides is 9. The summed E-state index contributed by atoms with van der Waals surface area (Å²) in [6.45, 7) is 0. The van der Waals surface area contributed by atoms with Crippen LogP contribution in [0.5, 0.6) is 0 Å². The lowest BCUT2D eigenvalue weighted by molar-refractivity contribution is -0.143. The molecular formula is C48H27F9N4. The van der Waals surface area contributed by atoms with Crippen LogP contribution >= 0.6 is 0 Å². The molecule has 9 aromatic rings. The Morgan fingerprint density at radius 1 is 0.328 bits per heavy atom. The highest BCUT2D eigenvalue weighted by Crippen LogP contribution is 2.43. The zero-order valence-electron chi connectivity index (χ0n) is 31.3. The standard InChI is InChI=1S/C48H27F9N4/c49-46(50,51)34-15-9-14-30(22-34)31-19-21-39(45-59-43(28-10-3-1-4-11-28)58-44(60-45)29-12-5-2-6-13-29)42(25-31)61-40-17-8-7-16-37(40)38-20-18-32(26-41(38)61)33-23-35(47(52,53)54)27-36(24-33)48(55,56)57/h1-27H. The van der Waals surface area contributed by atoms with Crippen LogP contribution in [0.3, 0.4) is 0 Å². The normalized spacial score (nSPS) is 12.3. The number of rotatable bonds is 6. The third-order valence-electron chi connectivity index (χ3n) is 10.3. The van der Waals surface area contributed by atoms with Gasteiger partial charge in [-0.2, -0.15) is 39.5 Å². The van der Waals surface area contributed by atoms with Gasteiger partial charge in [-0.05, 0) is 76.9 Å². The van der Waals surface area contributed by atoms with E-state index in [1.165, 1.54) is 24.3 Å². The first-order valence-corrected chi connectivity index (χ1v) is 18.6. The van der Waals surface area contributed by atoms with Gasteiger partial charge in [0.1, 0.15) is 0 Å². The van der Waals surface area contributed by atoms with Gasteiger partial charge in [-0.25, -0.2) is 15.0 Å². The van der Waals surface area contributed by atoms with Gasteiger partial charge in [-0.15, -0.1) is 0 Å². The quantitative estimate of drug-likeness (QED) is 0.157. The van der Waals surface area contributed by atoms with Crippen molar-refractivity contribution in [3.05, 3.63) is 180 Å². The number of aromatic nitrogens is 4. The number of halogens is 9. The molecule has 0 radical (unpaired) electrons. The molecule has 0 fully saturated rings. The van der Waals surface area contributed by atoms with Crippen molar-refractivity contribution in [1.82, 2.24) is 19.5 Å². The summed E-state index contributed by atoms with van der Waals surface area (Å²) >= 11 is 0. The lowest BCUT2D eigenvalue weighted by Crippen LogP contribution is -2.11. The van der Waals surface area contributed by atoms with Crippen molar-refractivity contribution < 1.29 is 39.5 Å². The Morgan fingerprint density at radius 3 is 1.41 bits per heavy atom. The van der Waals surface area contributed by atoms with Crippen LogP contribution in [0.4, 0.5) is 39.5 Å². The zero-order chi connectivity index (χ0) is 42.7. The minimum absolute atomic E-state index is 0.0571. The Kier molecular flexibility index (Phi) is 9.49. The summed E-state index contributed by atoms with van der Waals surface area (Å²) in [6, 6.07) is 41.3. The van der Waals surface area contributed by atoms with Crippen molar-refractivity contribution in [3.8, 4) is 62.1 Å². The first-order chi connectivity index (χ1) is 29.1. The van der Waals surface area contributed by atoms with Crippen molar-refractivity contribution in [2.24, 2.45) is 0 Å². The third kappa shape index (κ3) is 7.58. The van der Waals surface area contributed by atoms with Gasteiger partial charge < -0.3 is 4.57 Å². The van der Waals surface area contributed by atoms with Crippen LogP contribution in [0.15, 0.2) is 164 Å². The van der Waals surface area contributed by atoms with Crippen molar-refractivity contribution in [2.75, 3.05) is 0 Å². The fourth-order valence-electron chi connectivity index (χ4n) is 7.42. The second kappa shape index (κ2) is 14.8. The molecule has 61 heavy (non-hydrogen) atoms. The average molecular weight is 831 g/mol. The topological polar surface area (TPSA) is 43.6 Å². The predicted molar refractivity (Wildman–Crippen MR) is 216 cm³/mol. The van der Waals surface area contributed by atoms with Crippen LogP contribution < -0.4 is 0 Å². The Balaban J connectivity index is 1.36. The van der Waals surface area contributed by atoms with Crippen LogP contribution in [0, 0.1) is 0 Å². The van der Waals surface area contributed by atoms with E-state index in [4.69, 9.17) is 15.0 Å². The van der Waals surface area contributed by atoms with Gasteiger partial charge in [0.25, 0.3) is 0 Å². The third-order valence-corrected chi connectivity index (χ3v) is 10.3. The first kappa shape index (κ1) is 39.2. The average Bonchev–Trinajstić information content (AvgIpc) is 3.59. The maximum atomic E-state index is 14.0. The summed E-state index contributed by atoms with van der Waals surface area (Å²) < 4.78 is 128. The monoisotopic (exact) mass is 830 g/mol. The van der Waals surface area contributed by atoms with Gasteiger partial charge in [0.05, 0.1) is 33.4 Å². The van der Waals surface area contributed by atoms with Crippen LogP contribution in [0.2, 0.25) is 0 Å². The molecule has 0 atom stereocenters. The maximum Gasteiger partial charge on any atom is 0.416 e. The molecule has 0 unspecified atom stereocenters. The number of hydrogen-bond donors (Lipinski definition) is 0. The SMILES string of the molecule is FC(F)(F)c1cccc(-c2ccc(-c3nc(-c4ccccc4)nc(-c4ccccc4)n3)c(-n3c4ccccc4c4ccc(-c5cc(C(F)(F)F)cc(C(F)(F)F)c5)cc43)c2)c1. The van der Waals surface area contributed by atoms with E-state index in [9.17, 15) is 39.5 Å². The van der Waals surface area contributed by atoms with Crippen LogP contribution in [-0.2, 0) is 18.5 Å². The molecule has 7 aromatic carbocycles. The predicted octanol–water partition coefficient (Wildman–Crippen LogP) is 14.4. The number of nitrogens with zero attached hydrogens (tertiary/aromatic N) is 4. The van der Waals surface area contributed by atoms with Gasteiger partial charge in [0, 0.05) is 27.5 Å². The molecule has 0 aliphatic carbocycles. The van der Waals surface area contributed by atoms with E-state index < -0.39 is 35.2 Å². The molecule has 2 aromatic heterocycles. The lowest BCUT2D eigenvalue weighted by Gasteiger charge is -2.17. The van der Waals surface area contributed by atoms with E-state index in [1.54, 1.807) is 47.0 Å². The zero-order valence-corrected chi connectivity index (χ0v) is 31.3. The van der Waals surface area contributed by atoms with Gasteiger partial charge >= 0.3 is 18.5 Å². The van der Waals surface area contributed by atoms with E-state index in [0.717, 1.165) is 12.1 Å². The highest BCUT2D eigenvalue weighted by Gasteiger charge is 2.37. The van der Waals surface area contributed by atoms with E-state index in [-0.39, 0.29) is 28.6 Å². The van der Waals surface area contributed by atoms with Gasteiger partial charge in [0.15, 0.2) is 17.5 Å². The molecule has 13 heteroatoms. The molecular weight excluding hydrogens is 804 g/mol. The Hall–Kier alpha value is -7.28. The molecule has 0 bridgehead atoms. The molecule has 0 spiro atoms. The molecule has 0 N–H and O–H groups in total. The molecule has 9 rings (SSSR count). The van der Waals surface area contributed by atoms with E-state index in [0.29, 0.717) is 73.5 Å². The molecule has 0 amide bonds. The minimum atomic E-state index is -5.07. The summed E-state index contributed by atoms with van der Waals surface area (Å²) in [7, 11) is 0. The number of hydrogen-bond acceptors (Lipinski definition) is 3. The fourth-order valence-corrected chi connectivity index (χ4v) is 7.42. The number of fused-ring (bicyclic) bond motifs is 3. The number of benzene rings is 7. The van der Waals surface area contributed by atoms with Gasteiger partial charge in [-0.3, -0.25) is 0 Å². The molecule has 0 aliphatic rings. The maximum absolute atomic E-state index is 14.0. The highest BCUT2D eigenvalue weighted by atomic mass is 19.4. The molecule has 4 nitrogen and oxygen atoms in total. The van der Waals surface area contributed by atoms with Gasteiger partial charge in [0.2, 0.25) is 0 Å².